The Bertz CT molecular complexity index is 1160. The molecule has 27 heavy (non-hydrogen) atoms. The molecule has 0 aliphatic heterocycles. The van der Waals surface area contributed by atoms with Gasteiger partial charge in [0.2, 0.25) is 0 Å². The van der Waals surface area contributed by atoms with E-state index < -0.39 is 6.04 Å². The van der Waals surface area contributed by atoms with E-state index in [1.807, 2.05) is 20.8 Å². The van der Waals surface area contributed by atoms with Gasteiger partial charge in [-0.1, -0.05) is 12.1 Å². The van der Waals surface area contributed by atoms with Gasteiger partial charge in [-0.05, 0) is 44.5 Å². The number of nitrogens with zero attached hydrogens (tertiary/aromatic N) is 2. The maximum atomic E-state index is 13.5. The first-order valence-electron chi connectivity index (χ1n) is 8.71. The van der Waals surface area contributed by atoms with Crippen molar-refractivity contribution < 1.29 is 18.1 Å². The van der Waals surface area contributed by atoms with Crippen molar-refractivity contribution in [1.82, 2.24) is 15.5 Å². The molecule has 3 heterocycles. The number of pyridine rings is 1. The number of furan rings is 1. The number of carbonyl (C=O) groups excluding carboxylic acids is 1. The van der Waals surface area contributed by atoms with Crippen molar-refractivity contribution in [1.29, 1.82) is 0 Å². The first kappa shape index (κ1) is 17.2. The van der Waals surface area contributed by atoms with Crippen LogP contribution in [0.1, 0.15) is 47.3 Å². The van der Waals surface area contributed by atoms with E-state index in [1.54, 1.807) is 12.1 Å². The van der Waals surface area contributed by atoms with E-state index in [-0.39, 0.29) is 11.7 Å². The summed E-state index contributed by atoms with van der Waals surface area (Å²) in [5, 5.41) is 8.29. The molecule has 4 aromatic rings. The number of fused-ring (bicyclic) bond motifs is 2. The summed E-state index contributed by atoms with van der Waals surface area (Å²) in [7, 11) is 0. The second-order valence-electron chi connectivity index (χ2n) is 6.49. The molecule has 0 bridgehead atoms. The molecule has 1 atom stereocenters. The van der Waals surface area contributed by atoms with Gasteiger partial charge in [-0.2, -0.15) is 0 Å². The van der Waals surface area contributed by atoms with Crippen LogP contribution in [0.4, 0.5) is 4.39 Å². The third-order valence-electron chi connectivity index (χ3n) is 4.68. The minimum absolute atomic E-state index is 0.286. The quantitative estimate of drug-likeness (QED) is 0.575. The van der Waals surface area contributed by atoms with Crippen molar-refractivity contribution in [2.45, 2.75) is 33.2 Å². The second kappa shape index (κ2) is 6.50. The zero-order valence-corrected chi connectivity index (χ0v) is 15.2. The lowest BCUT2D eigenvalue weighted by Gasteiger charge is -2.12. The molecular formula is C20H18FN3O3. The number of aromatic nitrogens is 2. The normalized spacial score (nSPS) is 12.6. The topological polar surface area (TPSA) is 81.2 Å². The van der Waals surface area contributed by atoms with Gasteiger partial charge in [0.1, 0.15) is 17.2 Å². The highest BCUT2D eigenvalue weighted by Gasteiger charge is 2.20. The van der Waals surface area contributed by atoms with Crippen molar-refractivity contribution >= 4 is 28.0 Å². The molecule has 0 aliphatic carbocycles. The molecule has 1 aromatic carbocycles. The summed E-state index contributed by atoms with van der Waals surface area (Å²) < 4.78 is 24.5. The van der Waals surface area contributed by atoms with E-state index in [9.17, 15) is 9.18 Å². The van der Waals surface area contributed by atoms with Crippen LogP contribution in [0.25, 0.3) is 22.1 Å². The largest absolute Gasteiger partial charge is 0.459 e. The van der Waals surface area contributed by atoms with Crippen LogP contribution in [0.3, 0.4) is 0 Å². The first-order chi connectivity index (χ1) is 13.0. The first-order valence-corrected chi connectivity index (χ1v) is 8.71. The van der Waals surface area contributed by atoms with Crippen LogP contribution in [0.5, 0.6) is 0 Å². The second-order valence-corrected chi connectivity index (χ2v) is 6.49. The van der Waals surface area contributed by atoms with E-state index in [0.29, 0.717) is 34.4 Å². The Balaban J connectivity index is 1.62. The van der Waals surface area contributed by atoms with Crippen LogP contribution in [0.15, 0.2) is 39.4 Å². The summed E-state index contributed by atoms with van der Waals surface area (Å²) >= 11 is 0. The number of hydrogen-bond donors (Lipinski definition) is 1. The molecule has 1 amide bonds. The molecule has 3 aromatic heterocycles. The third kappa shape index (κ3) is 2.95. The summed E-state index contributed by atoms with van der Waals surface area (Å²) in [4.78, 5) is 16.8. The standard InChI is InChI=1S/C20H18FN3O3/c1-4-16-15-7-12(9-22-20(15)27-24-16)19(25)23-11(3)18-10(2)14-8-13(21)5-6-17(14)26-18/h5-9,11H,4H2,1-3H3,(H,23,25). The summed E-state index contributed by atoms with van der Waals surface area (Å²) in [5.74, 6) is -0.0159. The van der Waals surface area contributed by atoms with Crippen LogP contribution in [-0.4, -0.2) is 16.0 Å². The predicted molar refractivity (Wildman–Crippen MR) is 98.0 cm³/mol. The Kier molecular flexibility index (Phi) is 4.14. The lowest BCUT2D eigenvalue weighted by Crippen LogP contribution is -2.26. The molecule has 6 nitrogen and oxygen atoms in total. The number of hydrogen-bond acceptors (Lipinski definition) is 5. The molecule has 7 heteroatoms. The SMILES string of the molecule is CCc1noc2ncc(C(=O)NC(C)c3oc4ccc(F)cc4c3C)cc12. The van der Waals surface area contributed by atoms with E-state index >= 15 is 0 Å². The summed E-state index contributed by atoms with van der Waals surface area (Å²) in [6.07, 6.45) is 2.14. The van der Waals surface area contributed by atoms with Gasteiger partial charge >= 0.3 is 0 Å². The average molecular weight is 367 g/mol. The highest BCUT2D eigenvalue weighted by molar-refractivity contribution is 5.97. The average Bonchev–Trinajstić information content (AvgIpc) is 3.22. The highest BCUT2D eigenvalue weighted by Crippen LogP contribution is 2.30. The minimum Gasteiger partial charge on any atom is -0.459 e. The van der Waals surface area contributed by atoms with Crippen LogP contribution in [0.2, 0.25) is 0 Å². The number of aryl methyl sites for hydroxylation is 2. The Morgan fingerprint density at radius 3 is 2.89 bits per heavy atom. The van der Waals surface area contributed by atoms with Gasteiger partial charge < -0.3 is 14.3 Å². The number of amides is 1. The molecule has 0 saturated heterocycles. The van der Waals surface area contributed by atoms with Gasteiger partial charge in [-0.25, -0.2) is 9.37 Å². The fourth-order valence-corrected chi connectivity index (χ4v) is 3.23. The minimum atomic E-state index is -0.392. The van der Waals surface area contributed by atoms with Crippen molar-refractivity contribution in [3.8, 4) is 0 Å². The smallest absolute Gasteiger partial charge is 0.257 e. The van der Waals surface area contributed by atoms with Crippen LogP contribution in [-0.2, 0) is 6.42 Å². The Morgan fingerprint density at radius 1 is 1.30 bits per heavy atom. The molecular weight excluding hydrogens is 349 g/mol. The third-order valence-corrected chi connectivity index (χ3v) is 4.68. The molecule has 4 rings (SSSR count). The number of benzene rings is 1. The van der Waals surface area contributed by atoms with E-state index in [2.05, 4.69) is 15.5 Å². The van der Waals surface area contributed by atoms with Crippen molar-refractivity contribution in [2.24, 2.45) is 0 Å². The predicted octanol–water partition coefficient (Wildman–Crippen LogP) is 4.47. The summed E-state index contributed by atoms with van der Waals surface area (Å²) in [5.41, 5.74) is 2.97. The van der Waals surface area contributed by atoms with Crippen LogP contribution >= 0.6 is 0 Å². The lowest BCUT2D eigenvalue weighted by atomic mass is 10.1. The zero-order valence-electron chi connectivity index (χ0n) is 15.2. The number of carbonyl (C=O) groups is 1. The molecule has 138 valence electrons. The van der Waals surface area contributed by atoms with E-state index in [4.69, 9.17) is 8.94 Å². The Labute approximate surface area is 154 Å². The number of nitrogens with one attached hydrogen (secondary N) is 1. The van der Waals surface area contributed by atoms with Crippen LogP contribution in [0, 0.1) is 12.7 Å². The van der Waals surface area contributed by atoms with Gasteiger partial charge in [-0.3, -0.25) is 4.79 Å². The maximum absolute atomic E-state index is 13.5. The van der Waals surface area contributed by atoms with Crippen molar-refractivity contribution in [3.05, 3.63) is 58.9 Å². The summed E-state index contributed by atoms with van der Waals surface area (Å²) in [6, 6.07) is 5.70. The Morgan fingerprint density at radius 2 is 2.11 bits per heavy atom. The number of rotatable bonds is 4. The van der Waals surface area contributed by atoms with Gasteiger partial charge in [0, 0.05) is 17.1 Å². The monoisotopic (exact) mass is 367 g/mol. The van der Waals surface area contributed by atoms with Gasteiger partial charge in [0.25, 0.3) is 11.6 Å². The lowest BCUT2D eigenvalue weighted by molar-refractivity contribution is 0.0935. The molecule has 0 saturated carbocycles. The fraction of sp³-hybridized carbons (Fsp3) is 0.250. The number of halogens is 1. The maximum Gasteiger partial charge on any atom is 0.257 e. The van der Waals surface area contributed by atoms with Crippen LogP contribution < -0.4 is 5.32 Å². The van der Waals surface area contributed by atoms with Crippen molar-refractivity contribution in [2.75, 3.05) is 0 Å². The van der Waals surface area contributed by atoms with Gasteiger partial charge in [0.05, 0.1) is 22.7 Å². The van der Waals surface area contributed by atoms with E-state index in [1.165, 1.54) is 18.3 Å². The van der Waals surface area contributed by atoms with Crippen molar-refractivity contribution in [3.63, 3.8) is 0 Å². The fourth-order valence-electron chi connectivity index (χ4n) is 3.23. The van der Waals surface area contributed by atoms with E-state index in [0.717, 1.165) is 16.6 Å². The summed E-state index contributed by atoms with van der Waals surface area (Å²) in [6.45, 7) is 5.63. The molecule has 1 N–H and O–H groups in total. The molecule has 0 radical (unpaired) electrons. The molecule has 0 spiro atoms. The molecule has 0 fully saturated rings. The molecule has 1 unspecified atom stereocenters. The van der Waals surface area contributed by atoms with Gasteiger partial charge in [0.15, 0.2) is 0 Å². The highest BCUT2D eigenvalue weighted by atomic mass is 19.1. The zero-order chi connectivity index (χ0) is 19.1. The Hall–Kier alpha value is -3.22. The van der Waals surface area contributed by atoms with Gasteiger partial charge in [-0.15, -0.1) is 0 Å². The molecule has 0 aliphatic rings.